The molecule has 1 aromatic heterocycles. The van der Waals surface area contributed by atoms with E-state index >= 15 is 0 Å². The minimum atomic E-state index is 0. The van der Waals surface area contributed by atoms with E-state index in [1.165, 1.54) is 29.7 Å². The Kier molecular flexibility index (Phi) is 7.73. The number of hydrogen-bond donors (Lipinski definition) is 2. The van der Waals surface area contributed by atoms with Gasteiger partial charge in [0.2, 0.25) is 0 Å². The van der Waals surface area contributed by atoms with Crippen LogP contribution in [0, 0.1) is 13.8 Å². The van der Waals surface area contributed by atoms with Crippen molar-refractivity contribution in [2.24, 2.45) is 12.0 Å². The number of halogens is 2. The van der Waals surface area contributed by atoms with Crippen LogP contribution in [0.3, 0.4) is 0 Å². The molecule has 2 aromatic rings. The Balaban J connectivity index is 0.00000261. The summed E-state index contributed by atoms with van der Waals surface area (Å²) in [6.07, 6.45) is 2.44. The van der Waals surface area contributed by atoms with Gasteiger partial charge in [-0.05, 0) is 51.3 Å². The number of benzene rings is 1. The van der Waals surface area contributed by atoms with Crippen molar-refractivity contribution in [1.82, 2.24) is 20.4 Å². The molecular formula is C20H29BrIN5. The molecule has 0 radical (unpaired) electrons. The van der Waals surface area contributed by atoms with Crippen LogP contribution in [-0.4, -0.2) is 28.8 Å². The molecule has 148 valence electrons. The van der Waals surface area contributed by atoms with Crippen LogP contribution in [0.1, 0.15) is 42.3 Å². The highest BCUT2D eigenvalue weighted by Gasteiger charge is 2.44. The molecule has 0 saturated heterocycles. The third-order valence-electron chi connectivity index (χ3n) is 5.28. The Morgan fingerprint density at radius 1 is 1.30 bits per heavy atom. The van der Waals surface area contributed by atoms with Crippen LogP contribution in [-0.2, 0) is 19.0 Å². The van der Waals surface area contributed by atoms with Crippen molar-refractivity contribution >= 4 is 45.9 Å². The minimum Gasteiger partial charge on any atom is -0.357 e. The number of nitrogens with one attached hydrogen (secondary N) is 2. The summed E-state index contributed by atoms with van der Waals surface area (Å²) in [4.78, 5) is 4.79. The second-order valence-electron chi connectivity index (χ2n) is 7.11. The van der Waals surface area contributed by atoms with Crippen LogP contribution in [0.25, 0.3) is 0 Å². The number of aryl methyl sites for hydroxylation is 2. The van der Waals surface area contributed by atoms with Gasteiger partial charge in [-0.1, -0.05) is 28.1 Å². The molecule has 0 unspecified atom stereocenters. The normalized spacial score (nSPS) is 15.2. The summed E-state index contributed by atoms with van der Waals surface area (Å²) in [6, 6.07) is 8.66. The smallest absolute Gasteiger partial charge is 0.191 e. The SMILES string of the molecule is CCNC(=NCc1c(C)nn(C)c1C)NCC1(c2cccc(Br)c2)CC1.I. The van der Waals surface area contributed by atoms with E-state index in [9.17, 15) is 0 Å². The van der Waals surface area contributed by atoms with Gasteiger partial charge in [0.05, 0.1) is 12.2 Å². The highest BCUT2D eigenvalue weighted by Crippen LogP contribution is 2.48. The number of aliphatic imine (C=N–C) groups is 1. The Labute approximate surface area is 187 Å². The molecule has 0 atom stereocenters. The van der Waals surface area contributed by atoms with Gasteiger partial charge < -0.3 is 10.6 Å². The maximum Gasteiger partial charge on any atom is 0.191 e. The van der Waals surface area contributed by atoms with Gasteiger partial charge in [0.1, 0.15) is 0 Å². The number of aromatic nitrogens is 2. The molecular weight excluding hydrogens is 517 g/mol. The predicted octanol–water partition coefficient (Wildman–Crippen LogP) is 4.20. The third-order valence-corrected chi connectivity index (χ3v) is 5.78. The molecule has 7 heteroatoms. The van der Waals surface area contributed by atoms with E-state index in [1.54, 1.807) is 0 Å². The largest absolute Gasteiger partial charge is 0.357 e. The maximum absolute atomic E-state index is 4.79. The van der Waals surface area contributed by atoms with Crippen LogP contribution in [0.5, 0.6) is 0 Å². The molecule has 1 saturated carbocycles. The van der Waals surface area contributed by atoms with Crippen LogP contribution < -0.4 is 10.6 Å². The fourth-order valence-electron chi connectivity index (χ4n) is 3.34. The van der Waals surface area contributed by atoms with E-state index < -0.39 is 0 Å². The van der Waals surface area contributed by atoms with Gasteiger partial charge in [0, 0.05) is 41.3 Å². The first-order valence-corrected chi connectivity index (χ1v) is 10.0. The minimum absolute atomic E-state index is 0. The van der Waals surface area contributed by atoms with Crippen LogP contribution in [0.4, 0.5) is 0 Å². The fourth-order valence-corrected chi connectivity index (χ4v) is 3.74. The standard InChI is InChI=1S/C20H28BrN5.HI/c1-5-22-19(23-12-18-14(2)25-26(4)15(18)3)24-13-20(9-10-20)16-7-6-8-17(21)11-16;/h6-8,11H,5,9-10,12-13H2,1-4H3,(H2,22,23,24);1H. The van der Waals surface area contributed by atoms with Gasteiger partial charge in [-0.3, -0.25) is 4.68 Å². The van der Waals surface area contributed by atoms with Crippen molar-refractivity contribution in [2.75, 3.05) is 13.1 Å². The average molecular weight is 546 g/mol. The molecule has 5 nitrogen and oxygen atoms in total. The van der Waals surface area contributed by atoms with E-state index in [0.29, 0.717) is 6.54 Å². The monoisotopic (exact) mass is 545 g/mol. The molecule has 1 aromatic carbocycles. The lowest BCUT2D eigenvalue weighted by Crippen LogP contribution is -2.41. The molecule has 1 heterocycles. The molecule has 2 N–H and O–H groups in total. The Morgan fingerprint density at radius 2 is 2.04 bits per heavy atom. The molecule has 0 aliphatic heterocycles. The Bertz CT molecular complexity index is 811. The fraction of sp³-hybridized carbons (Fsp3) is 0.500. The summed E-state index contributed by atoms with van der Waals surface area (Å²) in [5, 5.41) is 11.4. The maximum atomic E-state index is 4.79. The van der Waals surface area contributed by atoms with Gasteiger partial charge in [-0.2, -0.15) is 5.10 Å². The molecule has 1 fully saturated rings. The van der Waals surface area contributed by atoms with Crippen molar-refractivity contribution < 1.29 is 0 Å². The number of nitrogens with zero attached hydrogens (tertiary/aromatic N) is 3. The lowest BCUT2D eigenvalue weighted by atomic mass is 9.96. The van der Waals surface area contributed by atoms with Gasteiger partial charge >= 0.3 is 0 Å². The third kappa shape index (κ3) is 5.25. The second kappa shape index (κ2) is 9.41. The molecule has 27 heavy (non-hydrogen) atoms. The first-order chi connectivity index (χ1) is 12.4. The van der Waals surface area contributed by atoms with Gasteiger partial charge in [0.25, 0.3) is 0 Å². The summed E-state index contributed by atoms with van der Waals surface area (Å²) in [5.41, 5.74) is 5.07. The zero-order valence-electron chi connectivity index (χ0n) is 16.5. The molecule has 3 rings (SSSR count). The lowest BCUT2D eigenvalue weighted by Gasteiger charge is -2.19. The summed E-state index contributed by atoms with van der Waals surface area (Å²) in [6.45, 7) is 8.63. The van der Waals surface area contributed by atoms with Crippen molar-refractivity contribution in [3.8, 4) is 0 Å². The summed E-state index contributed by atoms with van der Waals surface area (Å²) in [5.74, 6) is 0.872. The van der Waals surface area contributed by atoms with Crippen molar-refractivity contribution in [2.45, 2.75) is 45.6 Å². The molecule has 0 amide bonds. The van der Waals surface area contributed by atoms with E-state index in [-0.39, 0.29) is 29.4 Å². The van der Waals surface area contributed by atoms with Crippen LogP contribution in [0.2, 0.25) is 0 Å². The van der Waals surface area contributed by atoms with Gasteiger partial charge in [0.15, 0.2) is 5.96 Å². The second-order valence-corrected chi connectivity index (χ2v) is 8.03. The Morgan fingerprint density at radius 3 is 2.59 bits per heavy atom. The van der Waals surface area contributed by atoms with E-state index in [2.05, 4.69) is 69.8 Å². The zero-order chi connectivity index (χ0) is 18.7. The quantitative estimate of drug-likeness (QED) is 0.325. The first-order valence-electron chi connectivity index (χ1n) is 9.22. The van der Waals surface area contributed by atoms with Crippen LogP contribution in [0.15, 0.2) is 33.7 Å². The molecule has 0 bridgehead atoms. The lowest BCUT2D eigenvalue weighted by molar-refractivity contribution is 0.645. The van der Waals surface area contributed by atoms with E-state index in [1.807, 2.05) is 18.7 Å². The zero-order valence-corrected chi connectivity index (χ0v) is 20.4. The highest BCUT2D eigenvalue weighted by molar-refractivity contribution is 14.0. The number of rotatable bonds is 6. The summed E-state index contributed by atoms with van der Waals surface area (Å²) in [7, 11) is 1.98. The Hall–Kier alpha value is -1.09. The van der Waals surface area contributed by atoms with E-state index in [0.717, 1.165) is 29.2 Å². The predicted molar refractivity (Wildman–Crippen MR) is 126 cm³/mol. The summed E-state index contributed by atoms with van der Waals surface area (Å²) < 4.78 is 3.07. The van der Waals surface area contributed by atoms with Crippen molar-refractivity contribution in [3.05, 3.63) is 51.3 Å². The molecule has 1 aliphatic rings. The summed E-state index contributed by atoms with van der Waals surface area (Å²) >= 11 is 3.59. The van der Waals surface area contributed by atoms with Gasteiger partial charge in [-0.15, -0.1) is 24.0 Å². The molecule has 1 aliphatic carbocycles. The van der Waals surface area contributed by atoms with Gasteiger partial charge in [-0.25, -0.2) is 4.99 Å². The van der Waals surface area contributed by atoms with Crippen LogP contribution >= 0.6 is 39.9 Å². The number of guanidine groups is 1. The average Bonchev–Trinajstić information content (AvgIpc) is 3.36. The topological polar surface area (TPSA) is 54.2 Å². The van der Waals surface area contributed by atoms with Crippen molar-refractivity contribution in [3.63, 3.8) is 0 Å². The van der Waals surface area contributed by atoms with E-state index in [4.69, 9.17) is 4.99 Å². The molecule has 0 spiro atoms. The first kappa shape index (κ1) is 22.2. The number of hydrogen-bond acceptors (Lipinski definition) is 2. The van der Waals surface area contributed by atoms with Crippen molar-refractivity contribution in [1.29, 1.82) is 0 Å². The highest BCUT2D eigenvalue weighted by atomic mass is 127.